The van der Waals surface area contributed by atoms with Crippen LogP contribution in [0.4, 0.5) is 0 Å². The van der Waals surface area contributed by atoms with Crippen molar-refractivity contribution < 1.29 is 9.53 Å². The van der Waals surface area contributed by atoms with Crippen molar-refractivity contribution in [2.45, 2.75) is 20.8 Å². The van der Waals surface area contributed by atoms with Gasteiger partial charge in [-0.3, -0.25) is 4.79 Å². The summed E-state index contributed by atoms with van der Waals surface area (Å²) in [4.78, 5) is 14.4. The third kappa shape index (κ3) is 3.17. The molecular formula is C17H18O2S. The van der Waals surface area contributed by atoms with Crippen molar-refractivity contribution in [3.05, 3.63) is 56.8 Å². The molecule has 0 bridgehead atoms. The van der Waals surface area contributed by atoms with Gasteiger partial charge in [0, 0.05) is 10.4 Å². The van der Waals surface area contributed by atoms with E-state index in [1.807, 2.05) is 25.1 Å². The van der Waals surface area contributed by atoms with Crippen molar-refractivity contribution >= 4 is 23.2 Å². The molecule has 0 saturated heterocycles. The zero-order valence-electron chi connectivity index (χ0n) is 12.2. The molecule has 0 unspecified atom stereocenters. The lowest BCUT2D eigenvalue weighted by Gasteiger charge is -2.01. The van der Waals surface area contributed by atoms with Gasteiger partial charge in [0.15, 0.2) is 0 Å². The first-order valence-electron chi connectivity index (χ1n) is 6.45. The second-order valence-corrected chi connectivity index (χ2v) is 6.16. The Morgan fingerprint density at radius 1 is 1.20 bits per heavy atom. The summed E-state index contributed by atoms with van der Waals surface area (Å²) in [6, 6.07) is 9.20. The van der Waals surface area contributed by atoms with Crippen molar-refractivity contribution in [2.24, 2.45) is 0 Å². The maximum absolute atomic E-state index is 12.4. The summed E-state index contributed by atoms with van der Waals surface area (Å²) in [5.74, 6) is 0.822. The van der Waals surface area contributed by atoms with E-state index in [1.54, 1.807) is 30.6 Å². The van der Waals surface area contributed by atoms with Crippen molar-refractivity contribution in [1.29, 1.82) is 0 Å². The second kappa shape index (κ2) is 6.06. The van der Waals surface area contributed by atoms with Gasteiger partial charge in [0.05, 0.1) is 12.0 Å². The average Bonchev–Trinajstić information content (AvgIpc) is 2.79. The van der Waals surface area contributed by atoms with Crippen molar-refractivity contribution in [2.75, 3.05) is 7.11 Å². The van der Waals surface area contributed by atoms with Gasteiger partial charge in [-0.1, -0.05) is 11.6 Å². The second-order valence-electron chi connectivity index (χ2n) is 4.90. The van der Waals surface area contributed by atoms with E-state index in [2.05, 4.69) is 19.9 Å². The largest absolute Gasteiger partial charge is 0.497 e. The van der Waals surface area contributed by atoms with Gasteiger partial charge in [-0.15, -0.1) is 11.3 Å². The van der Waals surface area contributed by atoms with E-state index in [9.17, 15) is 4.79 Å². The Hall–Kier alpha value is -1.87. The maximum atomic E-state index is 12.4. The molecule has 1 aromatic carbocycles. The minimum absolute atomic E-state index is 0.0640. The monoisotopic (exact) mass is 286 g/mol. The molecule has 2 aromatic rings. The predicted molar refractivity (Wildman–Crippen MR) is 84.8 cm³/mol. The lowest BCUT2D eigenvalue weighted by Crippen LogP contribution is -1.98. The number of hydrogen-bond acceptors (Lipinski definition) is 3. The van der Waals surface area contributed by atoms with Gasteiger partial charge in [-0.25, -0.2) is 0 Å². The molecule has 0 saturated carbocycles. The van der Waals surface area contributed by atoms with E-state index in [0.29, 0.717) is 5.56 Å². The highest BCUT2D eigenvalue weighted by Gasteiger charge is 2.13. The van der Waals surface area contributed by atoms with E-state index in [1.165, 1.54) is 10.5 Å². The lowest BCUT2D eigenvalue weighted by atomic mass is 10.1. The molecule has 0 spiro atoms. The quantitative estimate of drug-likeness (QED) is 0.760. The molecule has 1 aromatic heterocycles. The van der Waals surface area contributed by atoms with E-state index < -0.39 is 0 Å². The first-order valence-corrected chi connectivity index (χ1v) is 7.27. The number of benzene rings is 1. The number of ether oxygens (including phenoxy) is 1. The topological polar surface area (TPSA) is 26.3 Å². The van der Waals surface area contributed by atoms with Gasteiger partial charge in [0.2, 0.25) is 5.78 Å². The van der Waals surface area contributed by atoms with Gasteiger partial charge in [0.1, 0.15) is 5.75 Å². The summed E-state index contributed by atoms with van der Waals surface area (Å²) < 4.78 is 5.11. The number of allylic oxidation sites excluding steroid dienone is 1. The van der Waals surface area contributed by atoms with E-state index in [4.69, 9.17) is 4.74 Å². The summed E-state index contributed by atoms with van der Waals surface area (Å²) in [5.41, 5.74) is 3.05. The Bertz CT molecular complexity index is 644. The van der Waals surface area contributed by atoms with E-state index in [0.717, 1.165) is 16.2 Å². The zero-order chi connectivity index (χ0) is 14.7. The van der Waals surface area contributed by atoms with Crippen LogP contribution in [0.15, 0.2) is 35.9 Å². The smallest absolute Gasteiger partial charge is 0.202 e. The van der Waals surface area contributed by atoms with Gasteiger partial charge in [0.25, 0.3) is 0 Å². The van der Waals surface area contributed by atoms with E-state index >= 15 is 0 Å². The fourth-order valence-corrected chi connectivity index (χ4v) is 2.91. The van der Waals surface area contributed by atoms with Crippen LogP contribution in [0, 0.1) is 6.92 Å². The minimum atomic E-state index is 0.0640. The highest BCUT2D eigenvalue weighted by Crippen LogP contribution is 2.26. The van der Waals surface area contributed by atoms with Crippen LogP contribution in [-0.2, 0) is 0 Å². The minimum Gasteiger partial charge on any atom is -0.497 e. The highest BCUT2D eigenvalue weighted by atomic mass is 32.1. The Morgan fingerprint density at radius 2 is 1.85 bits per heavy atom. The molecule has 3 heteroatoms. The summed E-state index contributed by atoms with van der Waals surface area (Å²) >= 11 is 1.54. The molecule has 0 aliphatic rings. The summed E-state index contributed by atoms with van der Waals surface area (Å²) in [6.07, 6.45) is 2.11. The Balaban J connectivity index is 2.31. The number of ketones is 1. The predicted octanol–water partition coefficient (Wildman–Crippen LogP) is 4.72. The van der Waals surface area contributed by atoms with Crippen LogP contribution in [0.2, 0.25) is 0 Å². The number of thiophene rings is 1. The third-order valence-corrected chi connectivity index (χ3v) is 4.04. The van der Waals surface area contributed by atoms with E-state index in [-0.39, 0.29) is 5.78 Å². The SMILES string of the molecule is COc1ccc(C(=O)c2cc(C=C(C)C)c(C)s2)cc1. The molecule has 2 nitrogen and oxygen atoms in total. The molecule has 0 atom stereocenters. The van der Waals surface area contributed by atoms with Gasteiger partial charge in [-0.05, 0) is 56.7 Å². The first-order chi connectivity index (χ1) is 9.51. The molecule has 2 rings (SSSR count). The molecule has 1 heterocycles. The molecule has 0 N–H and O–H groups in total. The van der Waals surface area contributed by atoms with Crippen LogP contribution in [0.25, 0.3) is 6.08 Å². The van der Waals surface area contributed by atoms with Gasteiger partial charge in [-0.2, -0.15) is 0 Å². The number of methoxy groups -OCH3 is 1. The Kier molecular flexibility index (Phi) is 4.40. The fraction of sp³-hybridized carbons (Fsp3) is 0.235. The standard InChI is InChI=1S/C17H18O2S/c1-11(2)9-14-10-16(20-12(14)3)17(18)13-5-7-15(19-4)8-6-13/h5-10H,1-4H3. The van der Waals surface area contributed by atoms with Crippen LogP contribution < -0.4 is 4.74 Å². The number of carbonyl (C=O) groups excluding carboxylic acids is 1. The fourth-order valence-electron chi connectivity index (χ4n) is 1.95. The molecule has 0 fully saturated rings. The highest BCUT2D eigenvalue weighted by molar-refractivity contribution is 7.14. The summed E-state index contributed by atoms with van der Waals surface area (Å²) in [5, 5.41) is 0. The van der Waals surface area contributed by atoms with Crippen molar-refractivity contribution in [3.8, 4) is 5.75 Å². The number of aryl methyl sites for hydroxylation is 1. The number of carbonyl (C=O) groups is 1. The first kappa shape index (κ1) is 14.5. The molecule has 20 heavy (non-hydrogen) atoms. The van der Waals surface area contributed by atoms with Crippen LogP contribution >= 0.6 is 11.3 Å². The van der Waals surface area contributed by atoms with Crippen molar-refractivity contribution in [3.63, 3.8) is 0 Å². The third-order valence-electron chi connectivity index (χ3n) is 2.98. The normalized spacial score (nSPS) is 10.2. The van der Waals surface area contributed by atoms with Crippen LogP contribution in [-0.4, -0.2) is 12.9 Å². The van der Waals surface area contributed by atoms with Gasteiger partial charge < -0.3 is 4.74 Å². The average molecular weight is 286 g/mol. The number of rotatable bonds is 4. The van der Waals surface area contributed by atoms with Crippen LogP contribution in [0.5, 0.6) is 5.75 Å². The maximum Gasteiger partial charge on any atom is 0.202 e. The van der Waals surface area contributed by atoms with Gasteiger partial charge >= 0.3 is 0 Å². The molecule has 0 aliphatic carbocycles. The molecule has 0 radical (unpaired) electrons. The number of hydrogen-bond donors (Lipinski definition) is 0. The summed E-state index contributed by atoms with van der Waals surface area (Å²) in [7, 11) is 1.62. The van der Waals surface area contributed by atoms with Crippen LogP contribution in [0.1, 0.15) is 39.5 Å². The molecule has 104 valence electrons. The Morgan fingerprint density at radius 3 is 2.40 bits per heavy atom. The van der Waals surface area contributed by atoms with Crippen LogP contribution in [0.3, 0.4) is 0 Å². The molecule has 0 aliphatic heterocycles. The van der Waals surface area contributed by atoms with Crippen molar-refractivity contribution in [1.82, 2.24) is 0 Å². The zero-order valence-corrected chi connectivity index (χ0v) is 13.0. The summed E-state index contributed by atoms with van der Waals surface area (Å²) in [6.45, 7) is 6.16. The molecular weight excluding hydrogens is 268 g/mol. The lowest BCUT2D eigenvalue weighted by molar-refractivity contribution is 0.104. The molecule has 0 amide bonds. The Labute approximate surface area is 123 Å².